The standard InChI is InChI=1S/C13H17ClN2O/c1-9-4-5-12(11(14)7-9)16-13(17)10-3-2-6-15-8-10/h4-5,7,10,15H,2-3,6,8H2,1H3,(H,16,17)/t10-/m0/s1. The van der Waals surface area contributed by atoms with Crippen LogP contribution in [0.4, 0.5) is 5.69 Å². The molecule has 1 saturated heterocycles. The Bertz CT molecular complexity index is 414. The number of hydrogen-bond acceptors (Lipinski definition) is 2. The zero-order valence-electron chi connectivity index (χ0n) is 9.92. The van der Waals surface area contributed by atoms with Crippen molar-refractivity contribution in [2.24, 2.45) is 5.92 Å². The van der Waals surface area contributed by atoms with Gasteiger partial charge in [-0.2, -0.15) is 0 Å². The fourth-order valence-corrected chi connectivity index (χ4v) is 2.31. The predicted octanol–water partition coefficient (Wildman–Crippen LogP) is 2.59. The summed E-state index contributed by atoms with van der Waals surface area (Å²) in [5.41, 5.74) is 1.79. The van der Waals surface area contributed by atoms with Crippen LogP contribution in [0.5, 0.6) is 0 Å². The number of hydrogen-bond donors (Lipinski definition) is 2. The summed E-state index contributed by atoms with van der Waals surface area (Å²) in [5, 5.41) is 6.73. The molecule has 17 heavy (non-hydrogen) atoms. The summed E-state index contributed by atoms with van der Waals surface area (Å²) in [6.07, 6.45) is 2.00. The maximum atomic E-state index is 12.0. The highest BCUT2D eigenvalue weighted by Crippen LogP contribution is 2.24. The topological polar surface area (TPSA) is 41.1 Å². The highest BCUT2D eigenvalue weighted by molar-refractivity contribution is 6.33. The SMILES string of the molecule is Cc1ccc(NC(=O)[C@H]2CCCNC2)c(Cl)c1. The van der Waals surface area contributed by atoms with E-state index in [1.807, 2.05) is 25.1 Å². The smallest absolute Gasteiger partial charge is 0.228 e. The van der Waals surface area contributed by atoms with E-state index < -0.39 is 0 Å². The van der Waals surface area contributed by atoms with Crippen molar-refractivity contribution in [2.45, 2.75) is 19.8 Å². The lowest BCUT2D eigenvalue weighted by Crippen LogP contribution is -2.37. The molecule has 1 heterocycles. The lowest BCUT2D eigenvalue weighted by atomic mass is 9.99. The highest BCUT2D eigenvalue weighted by Gasteiger charge is 2.21. The molecule has 3 nitrogen and oxygen atoms in total. The number of nitrogens with one attached hydrogen (secondary N) is 2. The van der Waals surface area contributed by atoms with Crippen molar-refractivity contribution in [1.82, 2.24) is 5.32 Å². The van der Waals surface area contributed by atoms with Gasteiger partial charge in [-0.25, -0.2) is 0 Å². The van der Waals surface area contributed by atoms with Crippen LogP contribution in [0.1, 0.15) is 18.4 Å². The molecular weight excluding hydrogens is 236 g/mol. The normalized spacial score (nSPS) is 20.0. The van der Waals surface area contributed by atoms with Crippen LogP contribution in [0.2, 0.25) is 5.02 Å². The van der Waals surface area contributed by atoms with Gasteiger partial charge in [0.15, 0.2) is 0 Å². The Kier molecular flexibility index (Phi) is 4.02. The number of halogens is 1. The molecule has 0 spiro atoms. The van der Waals surface area contributed by atoms with E-state index in [4.69, 9.17) is 11.6 Å². The average Bonchev–Trinajstić information content (AvgIpc) is 2.34. The molecule has 2 rings (SSSR count). The Morgan fingerprint density at radius 3 is 3.00 bits per heavy atom. The molecule has 0 bridgehead atoms. The van der Waals surface area contributed by atoms with Crippen LogP contribution in [0.25, 0.3) is 0 Å². The lowest BCUT2D eigenvalue weighted by molar-refractivity contribution is -0.120. The summed E-state index contributed by atoms with van der Waals surface area (Å²) in [6, 6.07) is 5.66. The molecule has 2 N–H and O–H groups in total. The van der Waals surface area contributed by atoms with E-state index in [1.54, 1.807) is 0 Å². The highest BCUT2D eigenvalue weighted by atomic mass is 35.5. The summed E-state index contributed by atoms with van der Waals surface area (Å²) in [6.45, 7) is 3.74. The molecule has 1 aromatic rings. The number of carbonyl (C=O) groups excluding carboxylic acids is 1. The molecule has 0 aliphatic carbocycles. The van der Waals surface area contributed by atoms with Gasteiger partial charge in [0, 0.05) is 6.54 Å². The summed E-state index contributed by atoms with van der Waals surface area (Å²) in [5.74, 6) is 0.115. The first-order valence-corrected chi connectivity index (χ1v) is 6.32. The Morgan fingerprint density at radius 2 is 2.35 bits per heavy atom. The van der Waals surface area contributed by atoms with Crippen molar-refractivity contribution in [3.8, 4) is 0 Å². The van der Waals surface area contributed by atoms with E-state index in [-0.39, 0.29) is 11.8 Å². The second-order valence-corrected chi connectivity index (χ2v) is 4.92. The quantitative estimate of drug-likeness (QED) is 0.850. The first-order chi connectivity index (χ1) is 8.16. The van der Waals surface area contributed by atoms with Gasteiger partial charge < -0.3 is 10.6 Å². The number of carbonyl (C=O) groups is 1. The summed E-state index contributed by atoms with van der Waals surface area (Å²) < 4.78 is 0. The second kappa shape index (κ2) is 5.52. The third-order valence-corrected chi connectivity index (χ3v) is 3.36. The fourth-order valence-electron chi connectivity index (χ4n) is 2.03. The molecule has 1 aromatic carbocycles. The molecular formula is C13H17ClN2O. The minimum absolute atomic E-state index is 0.0566. The lowest BCUT2D eigenvalue weighted by Gasteiger charge is -2.22. The zero-order valence-corrected chi connectivity index (χ0v) is 10.7. The zero-order chi connectivity index (χ0) is 12.3. The molecule has 92 valence electrons. The van der Waals surface area contributed by atoms with Crippen LogP contribution in [0.3, 0.4) is 0 Å². The number of aryl methyl sites for hydroxylation is 1. The summed E-state index contributed by atoms with van der Waals surface area (Å²) in [7, 11) is 0. The van der Waals surface area contributed by atoms with Crippen LogP contribution in [0.15, 0.2) is 18.2 Å². The first-order valence-electron chi connectivity index (χ1n) is 5.94. The minimum Gasteiger partial charge on any atom is -0.324 e. The van der Waals surface area contributed by atoms with Gasteiger partial charge in [-0.05, 0) is 44.0 Å². The van der Waals surface area contributed by atoms with Gasteiger partial charge >= 0.3 is 0 Å². The Morgan fingerprint density at radius 1 is 1.53 bits per heavy atom. The van der Waals surface area contributed by atoms with Crippen molar-refractivity contribution in [2.75, 3.05) is 18.4 Å². The number of rotatable bonds is 2. The first kappa shape index (κ1) is 12.4. The monoisotopic (exact) mass is 252 g/mol. The Hall–Kier alpha value is -1.06. The molecule has 1 atom stereocenters. The maximum absolute atomic E-state index is 12.0. The molecule has 0 aromatic heterocycles. The predicted molar refractivity (Wildman–Crippen MR) is 70.4 cm³/mol. The molecule has 1 amide bonds. The van der Waals surface area contributed by atoms with Crippen molar-refractivity contribution >= 4 is 23.2 Å². The van der Waals surface area contributed by atoms with E-state index in [1.165, 1.54) is 0 Å². The summed E-state index contributed by atoms with van der Waals surface area (Å²) >= 11 is 6.08. The Labute approximate surface area is 107 Å². The molecule has 0 radical (unpaired) electrons. The van der Waals surface area contributed by atoms with Crippen LogP contribution in [-0.2, 0) is 4.79 Å². The number of benzene rings is 1. The van der Waals surface area contributed by atoms with Gasteiger partial charge in [-0.15, -0.1) is 0 Å². The van der Waals surface area contributed by atoms with Crippen LogP contribution >= 0.6 is 11.6 Å². The van der Waals surface area contributed by atoms with Crippen molar-refractivity contribution in [3.63, 3.8) is 0 Å². The third-order valence-electron chi connectivity index (χ3n) is 3.05. The molecule has 4 heteroatoms. The minimum atomic E-state index is 0.0566. The number of amides is 1. The molecule has 1 aliphatic heterocycles. The van der Waals surface area contributed by atoms with Gasteiger partial charge in [-0.1, -0.05) is 17.7 Å². The molecule has 1 aliphatic rings. The molecule has 0 unspecified atom stereocenters. The van der Waals surface area contributed by atoms with Crippen LogP contribution in [-0.4, -0.2) is 19.0 Å². The summed E-state index contributed by atoms with van der Waals surface area (Å²) in [4.78, 5) is 12.0. The van der Waals surface area contributed by atoms with E-state index in [0.717, 1.165) is 31.5 Å². The number of piperidine rings is 1. The van der Waals surface area contributed by atoms with Crippen LogP contribution in [0, 0.1) is 12.8 Å². The largest absolute Gasteiger partial charge is 0.324 e. The van der Waals surface area contributed by atoms with Crippen LogP contribution < -0.4 is 10.6 Å². The van der Waals surface area contributed by atoms with E-state index in [0.29, 0.717) is 10.7 Å². The maximum Gasteiger partial charge on any atom is 0.228 e. The van der Waals surface area contributed by atoms with Gasteiger partial charge in [0.2, 0.25) is 5.91 Å². The molecule has 1 fully saturated rings. The fraction of sp³-hybridized carbons (Fsp3) is 0.462. The van der Waals surface area contributed by atoms with Gasteiger partial charge in [0.25, 0.3) is 0 Å². The Balaban J connectivity index is 2.02. The third kappa shape index (κ3) is 3.20. The van der Waals surface area contributed by atoms with Gasteiger partial charge in [0.1, 0.15) is 0 Å². The van der Waals surface area contributed by atoms with Crippen molar-refractivity contribution in [1.29, 1.82) is 0 Å². The van der Waals surface area contributed by atoms with E-state index >= 15 is 0 Å². The van der Waals surface area contributed by atoms with Gasteiger partial charge in [0.05, 0.1) is 16.6 Å². The number of anilines is 1. The van der Waals surface area contributed by atoms with E-state index in [2.05, 4.69) is 10.6 Å². The van der Waals surface area contributed by atoms with E-state index in [9.17, 15) is 4.79 Å². The van der Waals surface area contributed by atoms with Crippen molar-refractivity contribution in [3.05, 3.63) is 28.8 Å². The molecule has 0 saturated carbocycles. The van der Waals surface area contributed by atoms with Crippen molar-refractivity contribution < 1.29 is 4.79 Å². The average molecular weight is 253 g/mol. The second-order valence-electron chi connectivity index (χ2n) is 4.52. The van der Waals surface area contributed by atoms with Gasteiger partial charge in [-0.3, -0.25) is 4.79 Å².